The topological polar surface area (TPSA) is 15.3 Å². The van der Waals surface area contributed by atoms with E-state index in [1.54, 1.807) is 6.07 Å². The second-order valence-corrected chi connectivity index (χ2v) is 4.96. The van der Waals surface area contributed by atoms with Gasteiger partial charge in [0.15, 0.2) is 0 Å². The van der Waals surface area contributed by atoms with E-state index in [1.807, 2.05) is 0 Å². The van der Waals surface area contributed by atoms with Crippen LogP contribution in [0.5, 0.6) is 0 Å². The summed E-state index contributed by atoms with van der Waals surface area (Å²) in [4.78, 5) is 2.20. The van der Waals surface area contributed by atoms with Gasteiger partial charge in [-0.25, -0.2) is 4.39 Å². The van der Waals surface area contributed by atoms with Gasteiger partial charge >= 0.3 is 0 Å². The van der Waals surface area contributed by atoms with E-state index in [1.165, 1.54) is 6.07 Å². The summed E-state index contributed by atoms with van der Waals surface area (Å²) in [5.41, 5.74) is 1.85. The maximum Gasteiger partial charge on any atom is 0.144 e. The number of nitrogens with zero attached hydrogens (tertiary/aromatic N) is 1. The zero-order valence-electron chi connectivity index (χ0n) is 9.56. The molecule has 2 nitrogen and oxygen atoms in total. The van der Waals surface area contributed by atoms with Crippen LogP contribution >= 0.6 is 11.6 Å². The molecule has 0 amide bonds. The second-order valence-electron chi connectivity index (χ2n) is 4.55. The average molecular weight is 243 g/mol. The lowest BCUT2D eigenvalue weighted by molar-refractivity contribution is 0.601. The summed E-state index contributed by atoms with van der Waals surface area (Å²) in [6.45, 7) is 7.05. The SMILES string of the molecule is CC(C)CN1CCNc2cc(Cl)c(F)cc21. The maximum atomic E-state index is 13.4. The van der Waals surface area contributed by atoms with Crippen LogP contribution < -0.4 is 10.2 Å². The van der Waals surface area contributed by atoms with Crippen LogP contribution in [-0.2, 0) is 0 Å². The third-order valence-corrected chi connectivity index (χ3v) is 2.95. The fourth-order valence-electron chi connectivity index (χ4n) is 2.02. The van der Waals surface area contributed by atoms with Crippen LogP contribution in [0.25, 0.3) is 0 Å². The van der Waals surface area contributed by atoms with E-state index >= 15 is 0 Å². The van der Waals surface area contributed by atoms with E-state index in [4.69, 9.17) is 11.6 Å². The monoisotopic (exact) mass is 242 g/mol. The zero-order valence-corrected chi connectivity index (χ0v) is 10.3. The van der Waals surface area contributed by atoms with Crippen LogP contribution in [0.2, 0.25) is 5.02 Å². The Morgan fingerprint density at radius 1 is 1.50 bits per heavy atom. The maximum absolute atomic E-state index is 13.4. The fraction of sp³-hybridized carbons (Fsp3) is 0.500. The van der Waals surface area contributed by atoms with E-state index in [0.717, 1.165) is 31.0 Å². The predicted octanol–water partition coefficient (Wildman–Crippen LogP) is 3.37. The molecule has 1 aliphatic heterocycles. The average Bonchev–Trinajstić information content (AvgIpc) is 2.20. The van der Waals surface area contributed by atoms with Crippen LogP contribution in [-0.4, -0.2) is 19.6 Å². The highest BCUT2D eigenvalue weighted by Gasteiger charge is 2.19. The van der Waals surface area contributed by atoms with Gasteiger partial charge in [0, 0.05) is 25.7 Å². The van der Waals surface area contributed by atoms with Crippen molar-refractivity contribution in [3.05, 3.63) is 23.0 Å². The van der Waals surface area contributed by atoms with E-state index in [9.17, 15) is 4.39 Å². The molecule has 16 heavy (non-hydrogen) atoms. The van der Waals surface area contributed by atoms with E-state index < -0.39 is 0 Å². The standard InChI is InChI=1S/C12H16ClFN2/c1-8(2)7-16-4-3-15-11-5-9(13)10(14)6-12(11)16/h5-6,8,15H,3-4,7H2,1-2H3. The highest BCUT2D eigenvalue weighted by atomic mass is 35.5. The van der Waals surface area contributed by atoms with Crippen LogP contribution in [0.4, 0.5) is 15.8 Å². The van der Waals surface area contributed by atoms with Crippen molar-refractivity contribution in [2.75, 3.05) is 29.9 Å². The number of nitrogens with one attached hydrogen (secondary N) is 1. The van der Waals surface area contributed by atoms with Crippen molar-refractivity contribution < 1.29 is 4.39 Å². The lowest BCUT2D eigenvalue weighted by Gasteiger charge is -2.33. The molecule has 0 aliphatic carbocycles. The van der Waals surface area contributed by atoms with Gasteiger partial charge in [0.2, 0.25) is 0 Å². The molecule has 88 valence electrons. The molecular formula is C12H16ClFN2. The van der Waals surface area contributed by atoms with Crippen LogP contribution in [0.3, 0.4) is 0 Å². The summed E-state index contributed by atoms with van der Waals surface area (Å²) in [5, 5.41) is 3.42. The molecule has 4 heteroatoms. The van der Waals surface area contributed by atoms with Gasteiger partial charge in [-0.15, -0.1) is 0 Å². The quantitative estimate of drug-likeness (QED) is 0.856. The minimum atomic E-state index is -0.349. The number of benzene rings is 1. The minimum Gasteiger partial charge on any atom is -0.382 e. The largest absolute Gasteiger partial charge is 0.382 e. The minimum absolute atomic E-state index is 0.178. The first-order valence-corrected chi connectivity index (χ1v) is 5.93. The number of hydrogen-bond acceptors (Lipinski definition) is 2. The van der Waals surface area contributed by atoms with Crippen LogP contribution in [0.1, 0.15) is 13.8 Å². The number of hydrogen-bond donors (Lipinski definition) is 1. The van der Waals surface area contributed by atoms with Crippen molar-refractivity contribution >= 4 is 23.0 Å². The Balaban J connectivity index is 2.34. The van der Waals surface area contributed by atoms with Crippen LogP contribution in [0, 0.1) is 11.7 Å². The molecule has 0 atom stereocenters. The lowest BCUT2D eigenvalue weighted by Crippen LogP contribution is -2.36. The normalized spacial score (nSPS) is 14.9. The molecule has 0 unspecified atom stereocenters. The van der Waals surface area contributed by atoms with E-state index in [-0.39, 0.29) is 10.8 Å². The summed E-state index contributed by atoms with van der Waals surface area (Å²) in [6.07, 6.45) is 0. The predicted molar refractivity (Wildman–Crippen MR) is 67.0 cm³/mol. The zero-order chi connectivity index (χ0) is 11.7. The number of rotatable bonds is 2. The van der Waals surface area contributed by atoms with Crippen molar-refractivity contribution in [1.29, 1.82) is 0 Å². The van der Waals surface area contributed by atoms with Gasteiger partial charge in [0.25, 0.3) is 0 Å². The summed E-state index contributed by atoms with van der Waals surface area (Å²) in [6, 6.07) is 3.19. The highest BCUT2D eigenvalue weighted by Crippen LogP contribution is 2.33. The Kier molecular flexibility index (Phi) is 3.24. The fourth-order valence-corrected chi connectivity index (χ4v) is 2.18. The first-order valence-electron chi connectivity index (χ1n) is 5.56. The summed E-state index contributed by atoms with van der Waals surface area (Å²) in [5.74, 6) is 0.211. The molecular weight excluding hydrogens is 227 g/mol. The molecule has 0 bridgehead atoms. The Labute approximate surface area is 100 Å². The molecule has 1 aliphatic rings. The second kappa shape index (κ2) is 4.50. The van der Waals surface area contributed by atoms with Crippen molar-refractivity contribution in [1.82, 2.24) is 0 Å². The van der Waals surface area contributed by atoms with Crippen molar-refractivity contribution in [3.8, 4) is 0 Å². The molecule has 2 rings (SSSR count). The van der Waals surface area contributed by atoms with Crippen molar-refractivity contribution in [2.24, 2.45) is 5.92 Å². The van der Waals surface area contributed by atoms with Gasteiger partial charge in [-0.3, -0.25) is 0 Å². The number of halogens is 2. The summed E-state index contributed by atoms with van der Waals surface area (Å²) >= 11 is 5.77. The molecule has 1 N–H and O–H groups in total. The van der Waals surface area contributed by atoms with Gasteiger partial charge in [0.05, 0.1) is 16.4 Å². The highest BCUT2D eigenvalue weighted by molar-refractivity contribution is 6.31. The molecule has 0 saturated heterocycles. The van der Waals surface area contributed by atoms with Crippen molar-refractivity contribution in [2.45, 2.75) is 13.8 Å². The van der Waals surface area contributed by atoms with Crippen molar-refractivity contribution in [3.63, 3.8) is 0 Å². The molecule has 0 radical (unpaired) electrons. The molecule has 1 aromatic carbocycles. The summed E-state index contributed by atoms with van der Waals surface area (Å²) in [7, 11) is 0. The molecule has 0 spiro atoms. The molecule has 1 aromatic rings. The molecule has 0 aromatic heterocycles. The third kappa shape index (κ3) is 2.24. The molecule has 1 heterocycles. The number of fused-ring (bicyclic) bond motifs is 1. The van der Waals surface area contributed by atoms with Gasteiger partial charge in [0.1, 0.15) is 5.82 Å². The molecule has 0 saturated carbocycles. The Morgan fingerprint density at radius 3 is 2.94 bits per heavy atom. The Hall–Kier alpha value is -0.960. The van der Waals surface area contributed by atoms with Gasteiger partial charge in [-0.05, 0) is 12.0 Å². The van der Waals surface area contributed by atoms with E-state index in [2.05, 4.69) is 24.1 Å². The van der Waals surface area contributed by atoms with Crippen LogP contribution in [0.15, 0.2) is 12.1 Å². The number of anilines is 2. The Bertz CT molecular complexity index is 393. The third-order valence-electron chi connectivity index (χ3n) is 2.66. The van der Waals surface area contributed by atoms with Gasteiger partial charge in [-0.1, -0.05) is 25.4 Å². The Morgan fingerprint density at radius 2 is 2.25 bits per heavy atom. The first kappa shape index (κ1) is 11.5. The lowest BCUT2D eigenvalue weighted by atomic mass is 10.1. The summed E-state index contributed by atoms with van der Waals surface area (Å²) < 4.78 is 13.4. The van der Waals surface area contributed by atoms with Gasteiger partial charge in [-0.2, -0.15) is 0 Å². The van der Waals surface area contributed by atoms with E-state index in [0.29, 0.717) is 5.92 Å². The molecule has 0 fully saturated rings. The first-order chi connectivity index (χ1) is 7.58. The smallest absolute Gasteiger partial charge is 0.144 e. The van der Waals surface area contributed by atoms with Gasteiger partial charge < -0.3 is 10.2 Å².